The Morgan fingerprint density at radius 1 is 1.43 bits per heavy atom. The molecule has 0 bridgehead atoms. The van der Waals surface area contributed by atoms with Gasteiger partial charge >= 0.3 is 0 Å². The SMILES string of the molecule is C=C(CS(C)(=O)=O)c1ccccc1F. The van der Waals surface area contributed by atoms with Crippen molar-refractivity contribution in [3.8, 4) is 0 Å². The van der Waals surface area contributed by atoms with E-state index in [1.54, 1.807) is 12.1 Å². The van der Waals surface area contributed by atoms with E-state index in [9.17, 15) is 12.8 Å². The highest BCUT2D eigenvalue weighted by Crippen LogP contribution is 2.17. The molecule has 0 aliphatic heterocycles. The maximum absolute atomic E-state index is 13.2. The summed E-state index contributed by atoms with van der Waals surface area (Å²) in [5.41, 5.74) is 0.545. The minimum absolute atomic E-state index is 0.214. The Hall–Kier alpha value is -1.16. The highest BCUT2D eigenvalue weighted by Gasteiger charge is 2.10. The summed E-state index contributed by atoms with van der Waals surface area (Å²) in [7, 11) is -3.15. The van der Waals surface area contributed by atoms with Crippen molar-refractivity contribution in [2.75, 3.05) is 12.0 Å². The van der Waals surface area contributed by atoms with Crippen LogP contribution in [0.15, 0.2) is 30.8 Å². The lowest BCUT2D eigenvalue weighted by molar-refractivity contribution is 0.604. The maximum atomic E-state index is 13.2. The highest BCUT2D eigenvalue weighted by atomic mass is 32.2. The molecule has 76 valence electrons. The fraction of sp³-hybridized carbons (Fsp3) is 0.200. The fourth-order valence-corrected chi connectivity index (χ4v) is 1.93. The number of hydrogen-bond donors (Lipinski definition) is 0. The molecule has 2 nitrogen and oxygen atoms in total. The molecule has 0 amide bonds. The summed E-state index contributed by atoms with van der Waals surface area (Å²) in [4.78, 5) is 0. The van der Waals surface area contributed by atoms with Crippen LogP contribution in [0.25, 0.3) is 5.57 Å². The van der Waals surface area contributed by atoms with Crippen LogP contribution in [0.3, 0.4) is 0 Å². The molecule has 0 N–H and O–H groups in total. The molecular weight excluding hydrogens is 203 g/mol. The second kappa shape index (κ2) is 3.92. The number of benzene rings is 1. The average molecular weight is 214 g/mol. The molecule has 0 aromatic heterocycles. The predicted octanol–water partition coefficient (Wildman–Crippen LogP) is 1.88. The van der Waals surface area contributed by atoms with E-state index in [1.807, 2.05) is 0 Å². The Labute approximate surface area is 83.0 Å². The molecule has 0 saturated heterocycles. The molecule has 1 aromatic rings. The third-order valence-corrected chi connectivity index (χ3v) is 2.56. The summed E-state index contributed by atoms with van der Waals surface area (Å²) in [5, 5.41) is 0. The van der Waals surface area contributed by atoms with Crippen molar-refractivity contribution >= 4 is 15.4 Å². The molecule has 1 rings (SSSR count). The van der Waals surface area contributed by atoms with Gasteiger partial charge in [-0.2, -0.15) is 0 Å². The van der Waals surface area contributed by atoms with Crippen LogP contribution in [0.1, 0.15) is 5.56 Å². The van der Waals surface area contributed by atoms with E-state index in [2.05, 4.69) is 6.58 Å². The molecule has 0 spiro atoms. The van der Waals surface area contributed by atoms with Gasteiger partial charge in [0.2, 0.25) is 0 Å². The first kappa shape index (κ1) is 10.9. The molecule has 0 aliphatic rings. The van der Waals surface area contributed by atoms with Gasteiger partial charge in [-0.3, -0.25) is 0 Å². The number of rotatable bonds is 3. The van der Waals surface area contributed by atoms with E-state index in [0.29, 0.717) is 0 Å². The predicted molar refractivity (Wildman–Crippen MR) is 55.1 cm³/mol. The van der Waals surface area contributed by atoms with Crippen LogP contribution in [0.4, 0.5) is 4.39 Å². The molecule has 0 atom stereocenters. The summed E-state index contributed by atoms with van der Waals surface area (Å²) in [6.07, 6.45) is 1.10. The summed E-state index contributed by atoms with van der Waals surface area (Å²) < 4.78 is 35.0. The van der Waals surface area contributed by atoms with Gasteiger partial charge in [0, 0.05) is 11.8 Å². The molecule has 0 fully saturated rings. The topological polar surface area (TPSA) is 34.1 Å². The van der Waals surface area contributed by atoms with Crippen LogP contribution in [0, 0.1) is 5.82 Å². The lowest BCUT2D eigenvalue weighted by Gasteiger charge is -2.05. The first-order chi connectivity index (χ1) is 6.40. The van der Waals surface area contributed by atoms with Crippen LogP contribution in [-0.2, 0) is 9.84 Å². The van der Waals surface area contributed by atoms with Crippen LogP contribution in [0.5, 0.6) is 0 Å². The smallest absolute Gasteiger partial charge is 0.151 e. The summed E-state index contributed by atoms with van der Waals surface area (Å²) in [6.45, 7) is 3.55. The first-order valence-corrected chi connectivity index (χ1v) is 6.06. The Kier molecular flexibility index (Phi) is 3.06. The van der Waals surface area contributed by atoms with Crippen molar-refractivity contribution in [3.63, 3.8) is 0 Å². The van der Waals surface area contributed by atoms with E-state index in [-0.39, 0.29) is 16.9 Å². The lowest BCUT2D eigenvalue weighted by atomic mass is 10.1. The zero-order valence-corrected chi connectivity index (χ0v) is 8.64. The van der Waals surface area contributed by atoms with Crippen LogP contribution >= 0.6 is 0 Å². The third-order valence-electron chi connectivity index (χ3n) is 1.69. The van der Waals surface area contributed by atoms with Crippen molar-refractivity contribution in [2.24, 2.45) is 0 Å². The van der Waals surface area contributed by atoms with Gasteiger partial charge < -0.3 is 0 Å². The zero-order chi connectivity index (χ0) is 10.8. The van der Waals surface area contributed by atoms with Crippen LogP contribution < -0.4 is 0 Å². The standard InChI is InChI=1S/C10H11FO2S/c1-8(7-14(2,12)13)9-5-3-4-6-10(9)11/h3-6H,1,7H2,2H3. The molecule has 14 heavy (non-hydrogen) atoms. The number of sulfone groups is 1. The molecule has 0 heterocycles. The Balaban J connectivity index is 2.97. The van der Waals surface area contributed by atoms with Gasteiger partial charge in [-0.25, -0.2) is 12.8 Å². The van der Waals surface area contributed by atoms with Crippen molar-refractivity contribution in [1.82, 2.24) is 0 Å². The van der Waals surface area contributed by atoms with Gasteiger partial charge in [-0.1, -0.05) is 24.8 Å². The number of halogens is 1. The maximum Gasteiger partial charge on any atom is 0.151 e. The van der Waals surface area contributed by atoms with Crippen molar-refractivity contribution in [2.45, 2.75) is 0 Å². The molecule has 1 aromatic carbocycles. The zero-order valence-electron chi connectivity index (χ0n) is 7.83. The second-order valence-corrected chi connectivity index (χ2v) is 5.29. The van der Waals surface area contributed by atoms with E-state index in [4.69, 9.17) is 0 Å². The van der Waals surface area contributed by atoms with Gasteiger partial charge in [0.05, 0.1) is 5.75 Å². The number of hydrogen-bond acceptors (Lipinski definition) is 2. The summed E-state index contributed by atoms with van der Waals surface area (Å²) >= 11 is 0. The van der Waals surface area contributed by atoms with Crippen LogP contribution in [0.2, 0.25) is 0 Å². The average Bonchev–Trinajstić information content (AvgIpc) is 2.01. The minimum atomic E-state index is -3.15. The van der Waals surface area contributed by atoms with Gasteiger partial charge in [0.1, 0.15) is 5.82 Å². The van der Waals surface area contributed by atoms with E-state index < -0.39 is 15.7 Å². The summed E-state index contributed by atoms with van der Waals surface area (Å²) in [5.74, 6) is -0.658. The fourth-order valence-electron chi connectivity index (χ4n) is 1.14. The monoisotopic (exact) mass is 214 g/mol. The van der Waals surface area contributed by atoms with Crippen molar-refractivity contribution in [1.29, 1.82) is 0 Å². The van der Waals surface area contributed by atoms with Gasteiger partial charge in [-0.15, -0.1) is 0 Å². The Morgan fingerprint density at radius 2 is 2.00 bits per heavy atom. The lowest BCUT2D eigenvalue weighted by Crippen LogP contribution is -2.05. The highest BCUT2D eigenvalue weighted by molar-refractivity contribution is 7.91. The quantitative estimate of drug-likeness (QED) is 0.770. The molecule has 4 heteroatoms. The minimum Gasteiger partial charge on any atom is -0.229 e. The largest absolute Gasteiger partial charge is 0.229 e. The summed E-state index contributed by atoms with van der Waals surface area (Å²) in [6, 6.07) is 5.99. The first-order valence-electron chi connectivity index (χ1n) is 4.00. The van der Waals surface area contributed by atoms with Crippen molar-refractivity contribution in [3.05, 3.63) is 42.2 Å². The van der Waals surface area contributed by atoms with Gasteiger partial charge in [0.15, 0.2) is 9.84 Å². The molecular formula is C10H11FO2S. The van der Waals surface area contributed by atoms with Crippen molar-refractivity contribution < 1.29 is 12.8 Å². The normalized spacial score (nSPS) is 11.3. The molecule has 0 aliphatic carbocycles. The molecule has 0 radical (unpaired) electrons. The Bertz CT molecular complexity index is 449. The third kappa shape index (κ3) is 2.96. The van der Waals surface area contributed by atoms with E-state index >= 15 is 0 Å². The second-order valence-electron chi connectivity index (χ2n) is 3.15. The molecule has 0 unspecified atom stereocenters. The van der Waals surface area contributed by atoms with Crippen LogP contribution in [-0.4, -0.2) is 20.4 Å². The molecule has 0 saturated carbocycles. The van der Waals surface area contributed by atoms with Gasteiger partial charge in [-0.05, 0) is 11.6 Å². The van der Waals surface area contributed by atoms with Gasteiger partial charge in [0.25, 0.3) is 0 Å². The van der Waals surface area contributed by atoms with E-state index in [1.165, 1.54) is 12.1 Å². The van der Waals surface area contributed by atoms with E-state index in [0.717, 1.165) is 6.26 Å². The Morgan fingerprint density at radius 3 is 2.50 bits per heavy atom.